The number of hydrogen-bond donors (Lipinski definition) is 1. The first-order valence-electron chi connectivity index (χ1n) is 12.5. The first-order chi connectivity index (χ1) is 18.7. The molecular weight excluding hydrogens is 505 g/mol. The van der Waals surface area contributed by atoms with Crippen molar-refractivity contribution in [3.8, 4) is 11.8 Å². The second-order valence-corrected chi connectivity index (χ2v) is 9.41. The van der Waals surface area contributed by atoms with E-state index < -0.39 is 17.3 Å². The SMILES string of the molecule is CC#Cc1cc2cnc(Nc3ccc(N4CCN(C)CC4)cc3)nc2n(Cc2ccccc2C(F)(F)F)c1=O. The predicted octanol–water partition coefficient (Wildman–Crippen LogP) is 4.73. The number of hydrogen-bond acceptors (Lipinski definition) is 6. The van der Waals surface area contributed by atoms with Gasteiger partial charge in [0, 0.05) is 49.1 Å². The van der Waals surface area contributed by atoms with Crippen LogP contribution in [0.3, 0.4) is 0 Å². The summed E-state index contributed by atoms with van der Waals surface area (Å²) in [5, 5.41) is 3.64. The van der Waals surface area contributed by atoms with E-state index in [0.717, 1.165) is 43.6 Å². The van der Waals surface area contributed by atoms with Crippen LogP contribution in [-0.2, 0) is 12.7 Å². The quantitative estimate of drug-likeness (QED) is 0.375. The molecule has 1 aliphatic heterocycles. The number of aromatic nitrogens is 3. The van der Waals surface area contributed by atoms with Crippen molar-refractivity contribution in [2.45, 2.75) is 19.6 Å². The van der Waals surface area contributed by atoms with Crippen LogP contribution < -0.4 is 15.8 Å². The molecule has 0 saturated carbocycles. The van der Waals surface area contributed by atoms with Crippen molar-refractivity contribution in [2.75, 3.05) is 43.4 Å². The van der Waals surface area contributed by atoms with Gasteiger partial charge in [-0.1, -0.05) is 24.1 Å². The monoisotopic (exact) mass is 532 g/mol. The van der Waals surface area contributed by atoms with Gasteiger partial charge in [-0.05, 0) is 55.9 Å². The third-order valence-electron chi connectivity index (χ3n) is 6.73. The summed E-state index contributed by atoms with van der Waals surface area (Å²) in [6, 6.07) is 14.7. The molecule has 3 heterocycles. The van der Waals surface area contributed by atoms with E-state index in [-0.39, 0.29) is 29.3 Å². The summed E-state index contributed by atoms with van der Waals surface area (Å²) in [6.45, 7) is 5.19. The Bertz CT molecular complexity index is 1610. The van der Waals surface area contributed by atoms with Gasteiger partial charge in [0.05, 0.1) is 17.7 Å². The summed E-state index contributed by atoms with van der Waals surface area (Å²) in [5.74, 6) is 5.66. The maximum atomic E-state index is 13.7. The molecule has 0 unspecified atom stereocenters. The van der Waals surface area contributed by atoms with Crippen molar-refractivity contribution < 1.29 is 13.2 Å². The average Bonchev–Trinajstić information content (AvgIpc) is 2.92. The van der Waals surface area contributed by atoms with Gasteiger partial charge in [0.2, 0.25) is 5.95 Å². The topological polar surface area (TPSA) is 66.3 Å². The van der Waals surface area contributed by atoms with E-state index in [2.05, 4.69) is 44.0 Å². The number of alkyl halides is 3. The van der Waals surface area contributed by atoms with Crippen LogP contribution in [0.4, 0.5) is 30.5 Å². The van der Waals surface area contributed by atoms with Crippen LogP contribution >= 0.6 is 0 Å². The molecule has 0 bridgehead atoms. The Morgan fingerprint density at radius 1 is 1.03 bits per heavy atom. The van der Waals surface area contributed by atoms with Crippen molar-refractivity contribution in [1.29, 1.82) is 0 Å². The molecule has 1 N–H and O–H groups in total. The van der Waals surface area contributed by atoms with E-state index in [1.54, 1.807) is 13.0 Å². The average molecular weight is 533 g/mol. The Labute approximate surface area is 223 Å². The van der Waals surface area contributed by atoms with E-state index in [1.807, 2.05) is 24.3 Å². The van der Waals surface area contributed by atoms with E-state index in [4.69, 9.17) is 0 Å². The number of likely N-dealkylation sites (N-methyl/N-ethyl adjacent to an activating group) is 1. The fourth-order valence-electron chi connectivity index (χ4n) is 4.64. The highest BCUT2D eigenvalue weighted by Gasteiger charge is 2.33. The Morgan fingerprint density at radius 3 is 2.44 bits per heavy atom. The van der Waals surface area contributed by atoms with Gasteiger partial charge in [-0.3, -0.25) is 9.36 Å². The zero-order chi connectivity index (χ0) is 27.6. The molecule has 10 heteroatoms. The molecule has 5 rings (SSSR count). The highest BCUT2D eigenvalue weighted by Crippen LogP contribution is 2.32. The van der Waals surface area contributed by atoms with E-state index in [0.29, 0.717) is 5.39 Å². The third-order valence-corrected chi connectivity index (χ3v) is 6.73. The van der Waals surface area contributed by atoms with Gasteiger partial charge in [0.1, 0.15) is 5.65 Å². The van der Waals surface area contributed by atoms with Crippen LogP contribution in [0.15, 0.2) is 65.6 Å². The summed E-state index contributed by atoms with van der Waals surface area (Å²) >= 11 is 0. The van der Waals surface area contributed by atoms with Crippen molar-refractivity contribution in [3.05, 3.63) is 87.8 Å². The number of halogens is 3. The molecule has 0 radical (unpaired) electrons. The lowest BCUT2D eigenvalue weighted by atomic mass is 10.1. The summed E-state index contributed by atoms with van der Waals surface area (Å²) < 4.78 is 42.3. The number of anilines is 3. The molecule has 1 aliphatic rings. The van der Waals surface area contributed by atoms with Crippen molar-refractivity contribution in [1.82, 2.24) is 19.4 Å². The highest BCUT2D eigenvalue weighted by atomic mass is 19.4. The van der Waals surface area contributed by atoms with Crippen LogP contribution in [0.5, 0.6) is 0 Å². The molecule has 39 heavy (non-hydrogen) atoms. The number of nitrogens with one attached hydrogen (secondary N) is 1. The number of nitrogens with zero attached hydrogens (tertiary/aromatic N) is 5. The van der Waals surface area contributed by atoms with Gasteiger partial charge < -0.3 is 15.1 Å². The fraction of sp³-hybridized carbons (Fsp3) is 0.276. The molecule has 0 spiro atoms. The molecule has 200 valence electrons. The van der Waals surface area contributed by atoms with Gasteiger partial charge in [-0.15, -0.1) is 5.92 Å². The van der Waals surface area contributed by atoms with Gasteiger partial charge in [0.15, 0.2) is 0 Å². The van der Waals surface area contributed by atoms with Gasteiger partial charge >= 0.3 is 6.18 Å². The number of fused-ring (bicyclic) bond motifs is 1. The van der Waals surface area contributed by atoms with E-state index in [9.17, 15) is 18.0 Å². The number of benzene rings is 2. The van der Waals surface area contributed by atoms with Crippen molar-refractivity contribution in [3.63, 3.8) is 0 Å². The van der Waals surface area contributed by atoms with Gasteiger partial charge in [0.25, 0.3) is 5.56 Å². The summed E-state index contributed by atoms with van der Waals surface area (Å²) in [4.78, 5) is 26.8. The second kappa shape index (κ2) is 10.8. The van der Waals surface area contributed by atoms with Crippen LogP contribution in [-0.4, -0.2) is 52.7 Å². The maximum Gasteiger partial charge on any atom is 0.416 e. The van der Waals surface area contributed by atoms with Crippen LogP contribution in [0.1, 0.15) is 23.6 Å². The lowest BCUT2D eigenvalue weighted by molar-refractivity contribution is -0.138. The molecular formula is C29H27F3N6O. The molecule has 0 aliphatic carbocycles. The largest absolute Gasteiger partial charge is 0.416 e. The standard InChI is InChI=1S/C29H27F3N6O/c1-3-6-20-17-22-18-33-28(34-23-9-11-24(12-10-23)37-15-13-36(2)14-16-37)35-26(22)38(27(20)39)19-21-7-4-5-8-25(21)29(30,31)32/h4-5,7-12,17-18H,13-16,19H2,1-2H3,(H,33,34,35). The normalized spacial score (nSPS) is 14.2. The lowest BCUT2D eigenvalue weighted by Crippen LogP contribution is -2.44. The minimum Gasteiger partial charge on any atom is -0.369 e. The molecule has 2 aromatic carbocycles. The minimum atomic E-state index is -4.56. The number of rotatable bonds is 5. The van der Waals surface area contributed by atoms with Crippen molar-refractivity contribution >= 4 is 28.4 Å². The van der Waals surface area contributed by atoms with E-state index >= 15 is 0 Å². The van der Waals surface area contributed by atoms with Gasteiger partial charge in [-0.25, -0.2) is 4.98 Å². The second-order valence-electron chi connectivity index (χ2n) is 9.41. The Hall–Kier alpha value is -4.36. The molecule has 4 aromatic rings. The first kappa shape index (κ1) is 26.3. The van der Waals surface area contributed by atoms with Crippen LogP contribution in [0.25, 0.3) is 11.0 Å². The molecule has 0 amide bonds. The van der Waals surface area contributed by atoms with Crippen LogP contribution in [0, 0.1) is 11.8 Å². The number of pyridine rings is 1. The summed E-state index contributed by atoms with van der Waals surface area (Å²) in [7, 11) is 2.11. The Kier molecular flexibility index (Phi) is 7.26. The summed E-state index contributed by atoms with van der Waals surface area (Å²) in [5.41, 5.74) is 0.887. The minimum absolute atomic E-state index is 0.0392. The molecule has 1 saturated heterocycles. The molecule has 1 fully saturated rings. The first-order valence-corrected chi connectivity index (χ1v) is 12.5. The van der Waals surface area contributed by atoms with Crippen LogP contribution in [0.2, 0.25) is 0 Å². The third kappa shape index (κ3) is 5.73. The van der Waals surface area contributed by atoms with E-state index in [1.165, 1.54) is 29.0 Å². The Balaban J connectivity index is 1.49. The fourth-order valence-corrected chi connectivity index (χ4v) is 4.64. The zero-order valence-electron chi connectivity index (χ0n) is 21.6. The van der Waals surface area contributed by atoms with Crippen molar-refractivity contribution in [2.24, 2.45) is 0 Å². The maximum absolute atomic E-state index is 13.7. The molecule has 2 aromatic heterocycles. The Morgan fingerprint density at radius 2 is 1.74 bits per heavy atom. The lowest BCUT2D eigenvalue weighted by Gasteiger charge is -2.34. The molecule has 0 atom stereocenters. The number of piperazine rings is 1. The smallest absolute Gasteiger partial charge is 0.369 e. The molecule has 7 nitrogen and oxygen atoms in total. The predicted molar refractivity (Wildman–Crippen MR) is 146 cm³/mol. The highest BCUT2D eigenvalue weighted by molar-refractivity contribution is 5.77. The summed E-state index contributed by atoms with van der Waals surface area (Å²) in [6.07, 6.45) is -3.02. The van der Waals surface area contributed by atoms with Gasteiger partial charge in [-0.2, -0.15) is 18.2 Å². The zero-order valence-corrected chi connectivity index (χ0v) is 21.6.